The van der Waals surface area contributed by atoms with Crippen molar-refractivity contribution in [2.45, 2.75) is 45.5 Å². The van der Waals surface area contributed by atoms with E-state index in [1.54, 1.807) is 0 Å². The van der Waals surface area contributed by atoms with E-state index in [4.69, 9.17) is 9.84 Å². The van der Waals surface area contributed by atoms with Crippen molar-refractivity contribution in [1.29, 1.82) is 0 Å². The molecule has 2 aromatic carbocycles. The number of carboxylic acid groups (broad SMARTS) is 1. The largest absolute Gasteiger partial charge is 0.482 e. The molecule has 1 saturated heterocycles. The smallest absolute Gasteiger partial charge is 0.416 e. The number of hydrogen-bond acceptors (Lipinski definition) is 6. The molecule has 0 unspecified atom stereocenters. The van der Waals surface area contributed by atoms with E-state index < -0.39 is 17.7 Å². The number of piperazine rings is 1. The van der Waals surface area contributed by atoms with E-state index in [-0.39, 0.29) is 12.6 Å². The van der Waals surface area contributed by atoms with Crippen molar-refractivity contribution in [2.24, 2.45) is 0 Å². The number of anilines is 1. The molecule has 1 aliphatic rings. The van der Waals surface area contributed by atoms with Gasteiger partial charge in [-0.05, 0) is 54.8 Å². The summed E-state index contributed by atoms with van der Waals surface area (Å²) < 4.78 is 45.3. The minimum absolute atomic E-state index is 0.198. The van der Waals surface area contributed by atoms with E-state index in [9.17, 15) is 18.0 Å². The number of carbonyl (C=O) groups is 1. The summed E-state index contributed by atoms with van der Waals surface area (Å²) in [5, 5.41) is 9.64. The van der Waals surface area contributed by atoms with Gasteiger partial charge in [-0.15, -0.1) is 0 Å². The number of fused-ring (bicyclic) bond motifs is 1. The summed E-state index contributed by atoms with van der Waals surface area (Å²) in [6, 6.07) is 9.69. The van der Waals surface area contributed by atoms with Crippen LogP contribution < -0.4 is 9.64 Å². The van der Waals surface area contributed by atoms with E-state index in [1.807, 2.05) is 19.1 Å². The van der Waals surface area contributed by atoms with Crippen molar-refractivity contribution in [3.8, 4) is 5.75 Å². The van der Waals surface area contributed by atoms with Crippen LogP contribution in [0.1, 0.15) is 36.5 Å². The van der Waals surface area contributed by atoms with Gasteiger partial charge in [0.1, 0.15) is 5.75 Å². The summed E-state index contributed by atoms with van der Waals surface area (Å²) in [6.45, 7) is 6.70. The predicted octanol–water partition coefficient (Wildman–Crippen LogP) is 5.58. The third kappa shape index (κ3) is 6.24. The average molecular weight is 508 g/mol. The number of hydrogen-bond donors (Lipinski definition) is 1. The molecule has 0 radical (unpaired) electrons. The number of nitrogens with zero attached hydrogens (tertiary/aromatic N) is 3. The minimum atomic E-state index is -4.37. The Morgan fingerprint density at radius 3 is 2.74 bits per heavy atom. The van der Waals surface area contributed by atoms with Crippen LogP contribution in [0.15, 0.2) is 36.4 Å². The molecule has 1 aromatic heterocycles. The standard InChI is InChI=1S/C25H28F3N3O3S/c1-3-4-19-14-30(13-17-9-16(2)10-20(11-17)34-15-23(32)33)7-8-31(19)24-29-21-6-5-18(25(26,27)28)12-22(21)35-24/h5-6,9-12,19H,3-4,7-8,13-15H2,1-2H3,(H,32,33)/t19-/m1/s1. The van der Waals surface area contributed by atoms with Gasteiger partial charge < -0.3 is 14.7 Å². The van der Waals surface area contributed by atoms with Gasteiger partial charge in [0.2, 0.25) is 0 Å². The van der Waals surface area contributed by atoms with Crippen LogP contribution in [0.4, 0.5) is 18.3 Å². The van der Waals surface area contributed by atoms with Crippen LogP contribution >= 0.6 is 11.3 Å². The summed E-state index contributed by atoms with van der Waals surface area (Å²) in [5.41, 5.74) is 1.98. The van der Waals surface area contributed by atoms with Crippen LogP contribution in [-0.4, -0.2) is 53.2 Å². The zero-order valence-corrected chi connectivity index (χ0v) is 20.5. The number of alkyl halides is 3. The number of aromatic nitrogens is 1. The highest BCUT2D eigenvalue weighted by Gasteiger charge is 2.32. The van der Waals surface area contributed by atoms with E-state index in [2.05, 4.69) is 27.8 Å². The fraction of sp³-hybridized carbons (Fsp3) is 0.440. The highest BCUT2D eigenvalue weighted by molar-refractivity contribution is 7.22. The lowest BCUT2D eigenvalue weighted by atomic mass is 10.1. The van der Waals surface area contributed by atoms with Crippen molar-refractivity contribution in [3.63, 3.8) is 0 Å². The SMILES string of the molecule is CCC[C@@H]1CN(Cc2cc(C)cc(OCC(=O)O)c2)CCN1c1nc2ccc(C(F)(F)F)cc2s1. The number of thiazole rings is 1. The van der Waals surface area contributed by atoms with Gasteiger partial charge in [0.15, 0.2) is 11.7 Å². The maximum Gasteiger partial charge on any atom is 0.416 e. The third-order valence-corrected chi connectivity index (χ3v) is 7.07. The Bertz CT molecular complexity index is 1200. The summed E-state index contributed by atoms with van der Waals surface area (Å²) in [7, 11) is 0. The molecule has 2 heterocycles. The summed E-state index contributed by atoms with van der Waals surface area (Å²) in [6.07, 6.45) is -2.44. The first-order chi connectivity index (χ1) is 16.6. The number of ether oxygens (including phenoxy) is 1. The van der Waals surface area contributed by atoms with Gasteiger partial charge in [0.05, 0.1) is 15.8 Å². The molecule has 0 bridgehead atoms. The van der Waals surface area contributed by atoms with Gasteiger partial charge in [-0.1, -0.05) is 30.7 Å². The van der Waals surface area contributed by atoms with Gasteiger partial charge in [-0.3, -0.25) is 4.90 Å². The molecule has 10 heteroatoms. The van der Waals surface area contributed by atoms with Crippen LogP contribution in [0.3, 0.4) is 0 Å². The van der Waals surface area contributed by atoms with Crippen molar-refractivity contribution in [2.75, 3.05) is 31.1 Å². The molecule has 0 amide bonds. The zero-order valence-electron chi connectivity index (χ0n) is 19.6. The number of aliphatic carboxylic acids is 1. The quantitative estimate of drug-likeness (QED) is 0.430. The molecule has 0 saturated carbocycles. The second kappa shape index (κ2) is 10.4. The minimum Gasteiger partial charge on any atom is -0.482 e. The van der Waals surface area contributed by atoms with Crippen molar-refractivity contribution in [3.05, 3.63) is 53.1 Å². The summed E-state index contributed by atoms with van der Waals surface area (Å²) >= 11 is 1.31. The lowest BCUT2D eigenvalue weighted by Gasteiger charge is -2.41. The van der Waals surface area contributed by atoms with E-state index >= 15 is 0 Å². The second-order valence-corrected chi connectivity index (χ2v) is 9.89. The molecule has 1 aliphatic heterocycles. The normalized spacial score (nSPS) is 17.2. The predicted molar refractivity (Wildman–Crippen MR) is 130 cm³/mol. The summed E-state index contributed by atoms with van der Waals surface area (Å²) in [4.78, 5) is 20.1. The van der Waals surface area contributed by atoms with E-state index in [0.717, 1.165) is 54.8 Å². The molecule has 1 fully saturated rings. The first-order valence-corrected chi connectivity index (χ1v) is 12.4. The Labute approximate surface area is 205 Å². The summed E-state index contributed by atoms with van der Waals surface area (Å²) in [5.74, 6) is -0.477. The van der Waals surface area contributed by atoms with Crippen molar-refractivity contribution in [1.82, 2.24) is 9.88 Å². The number of aryl methyl sites for hydroxylation is 1. The van der Waals surface area contributed by atoms with Gasteiger partial charge in [0.25, 0.3) is 0 Å². The lowest BCUT2D eigenvalue weighted by molar-refractivity contribution is -0.139. The average Bonchev–Trinajstić information content (AvgIpc) is 3.20. The van der Waals surface area contributed by atoms with Gasteiger partial charge in [0, 0.05) is 32.2 Å². The molecule has 1 atom stereocenters. The number of benzene rings is 2. The van der Waals surface area contributed by atoms with Gasteiger partial charge >= 0.3 is 12.1 Å². The van der Waals surface area contributed by atoms with Crippen LogP contribution in [0.5, 0.6) is 5.75 Å². The lowest BCUT2D eigenvalue weighted by Crippen LogP contribution is -2.52. The monoisotopic (exact) mass is 507 g/mol. The molecule has 6 nitrogen and oxygen atoms in total. The Hall–Kier alpha value is -2.85. The topological polar surface area (TPSA) is 65.9 Å². The fourth-order valence-electron chi connectivity index (χ4n) is 4.51. The molecule has 188 valence electrons. The van der Waals surface area contributed by atoms with Gasteiger partial charge in [-0.25, -0.2) is 9.78 Å². The maximum absolute atomic E-state index is 13.1. The van der Waals surface area contributed by atoms with Crippen LogP contribution in [0, 0.1) is 6.92 Å². The van der Waals surface area contributed by atoms with Gasteiger partial charge in [-0.2, -0.15) is 13.2 Å². The Morgan fingerprint density at radius 1 is 1.23 bits per heavy atom. The molecule has 4 rings (SSSR count). The highest BCUT2D eigenvalue weighted by Crippen LogP contribution is 2.36. The van der Waals surface area contributed by atoms with Crippen molar-refractivity contribution >= 4 is 32.7 Å². The second-order valence-electron chi connectivity index (χ2n) is 8.88. The van der Waals surface area contributed by atoms with Crippen LogP contribution in [0.25, 0.3) is 10.2 Å². The Balaban J connectivity index is 1.49. The zero-order chi connectivity index (χ0) is 25.2. The molecule has 3 aromatic rings. The first kappa shape index (κ1) is 25.2. The Kier molecular flexibility index (Phi) is 7.51. The molecule has 35 heavy (non-hydrogen) atoms. The van der Waals surface area contributed by atoms with Crippen LogP contribution in [-0.2, 0) is 17.5 Å². The third-order valence-electron chi connectivity index (χ3n) is 6.02. The molecular weight excluding hydrogens is 479 g/mol. The van der Waals surface area contributed by atoms with E-state index in [1.165, 1.54) is 23.5 Å². The van der Waals surface area contributed by atoms with Crippen LogP contribution in [0.2, 0.25) is 0 Å². The first-order valence-electron chi connectivity index (χ1n) is 11.5. The molecular formula is C25H28F3N3O3S. The maximum atomic E-state index is 13.1. The van der Waals surface area contributed by atoms with E-state index in [0.29, 0.717) is 22.5 Å². The molecule has 0 aliphatic carbocycles. The molecule has 0 spiro atoms. The molecule has 1 N–H and O–H groups in total. The number of rotatable bonds is 8. The fourth-order valence-corrected chi connectivity index (χ4v) is 5.61. The number of carboxylic acids is 1. The Morgan fingerprint density at radius 2 is 2.03 bits per heavy atom. The highest BCUT2D eigenvalue weighted by atomic mass is 32.1. The number of halogens is 3. The van der Waals surface area contributed by atoms with Crippen molar-refractivity contribution < 1.29 is 27.8 Å².